The summed E-state index contributed by atoms with van der Waals surface area (Å²) in [6, 6.07) is 19.0. The van der Waals surface area contributed by atoms with Gasteiger partial charge in [-0.05, 0) is 54.1 Å². The van der Waals surface area contributed by atoms with E-state index in [9.17, 15) is 14.3 Å². The molecule has 4 aromatic rings. The van der Waals surface area contributed by atoms with Gasteiger partial charge >= 0.3 is 0 Å². The van der Waals surface area contributed by atoms with Gasteiger partial charge in [-0.25, -0.2) is 4.39 Å². The second kappa shape index (κ2) is 8.48. The number of phenols is 1. The molecule has 0 spiro atoms. The second-order valence-electron chi connectivity index (χ2n) is 7.59. The largest absolute Gasteiger partial charge is 0.508 e. The number of aromatic nitrogens is 2. The minimum absolute atomic E-state index is 0.0156. The Hall–Kier alpha value is -4.04. The quantitative estimate of drug-likeness (QED) is 0.472. The second-order valence-corrected chi connectivity index (χ2v) is 7.59. The van der Waals surface area contributed by atoms with Crippen LogP contribution in [0, 0.1) is 5.82 Å². The Bertz CT molecular complexity index is 1290. The van der Waals surface area contributed by atoms with Gasteiger partial charge in [-0.3, -0.25) is 4.79 Å². The molecule has 33 heavy (non-hydrogen) atoms. The van der Waals surface area contributed by atoms with Crippen LogP contribution >= 0.6 is 0 Å². The van der Waals surface area contributed by atoms with Gasteiger partial charge in [-0.1, -0.05) is 24.3 Å². The molecule has 8 heteroatoms. The fourth-order valence-corrected chi connectivity index (χ4v) is 3.75. The first-order valence-corrected chi connectivity index (χ1v) is 10.3. The van der Waals surface area contributed by atoms with E-state index >= 15 is 0 Å². The molecule has 5 rings (SSSR count). The van der Waals surface area contributed by atoms with Crippen LogP contribution in [0.5, 0.6) is 11.5 Å². The minimum Gasteiger partial charge on any atom is -0.508 e. The van der Waals surface area contributed by atoms with E-state index < -0.39 is 5.60 Å². The number of ether oxygens (including phenoxy) is 2. The molecule has 166 valence electrons. The number of Topliss-reactive ketones (excluding diaryl/α,β-unsaturated/α-hetero) is 1. The van der Waals surface area contributed by atoms with Gasteiger partial charge in [0.05, 0.1) is 12.2 Å². The number of carbonyl (C=O) groups is 1. The van der Waals surface area contributed by atoms with Crippen LogP contribution in [0.4, 0.5) is 4.39 Å². The van der Waals surface area contributed by atoms with Gasteiger partial charge in [0.2, 0.25) is 17.6 Å². The highest BCUT2D eigenvalue weighted by atomic mass is 19.1. The number of phenolic OH excluding ortho intramolecular Hbond substituents is 1. The zero-order valence-corrected chi connectivity index (χ0v) is 17.4. The Labute approximate surface area is 188 Å². The van der Waals surface area contributed by atoms with Gasteiger partial charge in [0.25, 0.3) is 0 Å². The van der Waals surface area contributed by atoms with E-state index in [-0.39, 0.29) is 42.9 Å². The summed E-state index contributed by atoms with van der Waals surface area (Å²) in [5.41, 5.74) is 0.205. The highest BCUT2D eigenvalue weighted by Crippen LogP contribution is 2.38. The van der Waals surface area contributed by atoms with E-state index in [1.807, 2.05) is 0 Å². The van der Waals surface area contributed by atoms with Crippen LogP contribution in [-0.2, 0) is 16.8 Å². The number of hydrogen-bond acceptors (Lipinski definition) is 7. The molecule has 0 saturated carbocycles. The monoisotopic (exact) mass is 446 g/mol. The Kier molecular flexibility index (Phi) is 5.35. The summed E-state index contributed by atoms with van der Waals surface area (Å²) in [6.45, 7) is 0.0848. The van der Waals surface area contributed by atoms with Crippen molar-refractivity contribution in [3.63, 3.8) is 0 Å². The van der Waals surface area contributed by atoms with Crippen molar-refractivity contribution in [1.82, 2.24) is 10.2 Å². The molecule has 0 fully saturated rings. The maximum Gasteiger partial charge on any atom is 0.247 e. The third-order valence-corrected chi connectivity index (χ3v) is 5.49. The minimum atomic E-state index is -1.39. The highest BCUT2D eigenvalue weighted by molar-refractivity contribution is 6.06. The summed E-state index contributed by atoms with van der Waals surface area (Å²) < 4.78 is 30.8. The Balaban J connectivity index is 1.37. The molecule has 0 saturated heterocycles. The highest BCUT2D eigenvalue weighted by Gasteiger charge is 2.47. The Morgan fingerprint density at radius 2 is 1.76 bits per heavy atom. The summed E-state index contributed by atoms with van der Waals surface area (Å²) in [5, 5.41) is 17.7. The van der Waals surface area contributed by atoms with Crippen molar-refractivity contribution < 1.29 is 28.2 Å². The third kappa shape index (κ3) is 3.96. The number of halogens is 1. The number of fused-ring (bicyclic) bond motifs is 1. The first-order valence-electron chi connectivity index (χ1n) is 10.3. The molecule has 0 amide bonds. The van der Waals surface area contributed by atoms with E-state index in [4.69, 9.17) is 13.9 Å². The molecule has 1 aliphatic heterocycles. The van der Waals surface area contributed by atoms with Gasteiger partial charge in [0.15, 0.2) is 5.60 Å². The number of hydrogen-bond donors (Lipinski definition) is 1. The fraction of sp³-hybridized carbons (Fsp3) is 0.160. The van der Waals surface area contributed by atoms with Crippen molar-refractivity contribution in [2.75, 3.05) is 13.2 Å². The van der Waals surface area contributed by atoms with Crippen molar-refractivity contribution in [2.45, 2.75) is 12.0 Å². The van der Waals surface area contributed by atoms with Crippen LogP contribution in [0.15, 0.2) is 77.2 Å². The van der Waals surface area contributed by atoms with Crippen molar-refractivity contribution in [1.29, 1.82) is 0 Å². The Morgan fingerprint density at radius 3 is 2.55 bits per heavy atom. The van der Waals surface area contributed by atoms with E-state index in [2.05, 4.69) is 10.2 Å². The van der Waals surface area contributed by atoms with Gasteiger partial charge in [-0.15, -0.1) is 10.2 Å². The molecule has 0 radical (unpaired) electrons. The van der Waals surface area contributed by atoms with Crippen LogP contribution in [0.2, 0.25) is 0 Å². The molecule has 3 aromatic carbocycles. The summed E-state index contributed by atoms with van der Waals surface area (Å²) in [6.07, 6.45) is 0.253. The van der Waals surface area contributed by atoms with Crippen molar-refractivity contribution in [2.24, 2.45) is 0 Å². The third-order valence-electron chi connectivity index (χ3n) is 5.49. The van der Waals surface area contributed by atoms with E-state index in [0.717, 1.165) is 0 Å². The van der Waals surface area contributed by atoms with Gasteiger partial charge < -0.3 is 19.0 Å². The number of benzene rings is 3. The molecule has 7 nitrogen and oxygen atoms in total. The maximum atomic E-state index is 13.5. The fourth-order valence-electron chi connectivity index (χ4n) is 3.75. The lowest BCUT2D eigenvalue weighted by Gasteiger charge is -2.36. The van der Waals surface area contributed by atoms with E-state index in [0.29, 0.717) is 28.3 Å². The first kappa shape index (κ1) is 20.8. The lowest BCUT2D eigenvalue weighted by molar-refractivity contribution is -0.0597. The summed E-state index contributed by atoms with van der Waals surface area (Å²) in [5.74, 6) is 0.586. The molecular formula is C25H19FN2O5. The van der Waals surface area contributed by atoms with Crippen LogP contribution in [0.1, 0.15) is 21.8 Å². The smallest absolute Gasteiger partial charge is 0.247 e. The average molecular weight is 446 g/mol. The van der Waals surface area contributed by atoms with Crippen molar-refractivity contribution >= 4 is 5.78 Å². The molecule has 1 aliphatic rings. The molecule has 1 atom stereocenters. The molecule has 1 N–H and O–H groups in total. The normalized spacial score (nSPS) is 17.4. The number of carbonyl (C=O) groups excluding carboxylic acids is 1. The van der Waals surface area contributed by atoms with Gasteiger partial charge in [0, 0.05) is 12.0 Å². The van der Waals surface area contributed by atoms with Crippen LogP contribution in [-0.4, -0.2) is 34.3 Å². The number of nitrogens with zero attached hydrogens (tertiary/aromatic N) is 2. The summed E-state index contributed by atoms with van der Waals surface area (Å²) >= 11 is 0. The number of aromatic hydroxyl groups is 1. The molecule has 0 bridgehead atoms. The molecule has 1 unspecified atom stereocenters. The Morgan fingerprint density at radius 1 is 1.00 bits per heavy atom. The molecule has 0 aliphatic carbocycles. The lowest BCUT2D eigenvalue weighted by atomic mass is 9.84. The number of para-hydroxylation sites is 1. The van der Waals surface area contributed by atoms with Crippen molar-refractivity contribution in [3.8, 4) is 23.0 Å². The zero-order valence-electron chi connectivity index (χ0n) is 17.4. The maximum absolute atomic E-state index is 13.5. The van der Waals surface area contributed by atoms with Crippen LogP contribution in [0.25, 0.3) is 11.5 Å². The number of ketones is 1. The number of rotatable bonds is 6. The van der Waals surface area contributed by atoms with E-state index in [1.165, 1.54) is 24.3 Å². The first-order chi connectivity index (χ1) is 16.0. The van der Waals surface area contributed by atoms with Crippen LogP contribution in [0.3, 0.4) is 0 Å². The predicted molar refractivity (Wildman–Crippen MR) is 115 cm³/mol. The summed E-state index contributed by atoms with van der Waals surface area (Å²) in [4.78, 5) is 13.5. The summed E-state index contributed by atoms with van der Waals surface area (Å²) in [7, 11) is 0. The molecule has 2 heterocycles. The molecular weight excluding hydrogens is 427 g/mol. The average Bonchev–Trinajstić information content (AvgIpc) is 3.31. The predicted octanol–water partition coefficient (Wildman–Crippen LogP) is 4.31. The van der Waals surface area contributed by atoms with Gasteiger partial charge in [0.1, 0.15) is 23.9 Å². The zero-order chi connectivity index (χ0) is 22.8. The molecule has 1 aromatic heterocycles. The standard InChI is InChI=1S/C25H19FN2O5/c26-18-9-5-16(6-10-18)24-28-27-22(33-24)13-14-32-25(17-7-11-19(29)12-8-17)15-31-21-4-2-1-3-20(21)23(25)30/h1-12,29H,13-15H2. The van der Waals surface area contributed by atoms with Crippen molar-refractivity contribution in [3.05, 3.63) is 95.6 Å². The van der Waals surface area contributed by atoms with E-state index in [1.54, 1.807) is 48.5 Å². The topological polar surface area (TPSA) is 94.7 Å². The SMILES string of the molecule is O=C1c2ccccc2OCC1(OCCc1nnc(-c2ccc(F)cc2)o1)c1ccc(O)cc1. The van der Waals surface area contributed by atoms with Crippen LogP contribution < -0.4 is 4.74 Å². The van der Waals surface area contributed by atoms with Gasteiger partial charge in [-0.2, -0.15) is 0 Å². The lowest BCUT2D eigenvalue weighted by Crippen LogP contribution is -2.47.